The largest absolute Gasteiger partial charge is 0.453 e. The van der Waals surface area contributed by atoms with Gasteiger partial charge in [0.1, 0.15) is 5.52 Å². The fourth-order valence-electron chi connectivity index (χ4n) is 1.38. The number of rotatable bonds is 2. The van der Waals surface area contributed by atoms with Crippen molar-refractivity contribution in [1.82, 2.24) is 9.97 Å². The molecule has 0 spiro atoms. The molecule has 0 radical (unpaired) electrons. The lowest BCUT2D eigenvalue weighted by molar-refractivity contribution is 0.186. The van der Waals surface area contributed by atoms with Crippen LogP contribution in [0.15, 0.2) is 23.1 Å². The number of para-hydroxylation sites is 1. The Balaban J connectivity index is 2.39. The number of amides is 1. The Bertz CT molecular complexity index is 524. The second kappa shape index (κ2) is 4.44. The molecule has 0 aliphatic rings. The van der Waals surface area contributed by atoms with Crippen molar-refractivity contribution in [3.05, 3.63) is 18.2 Å². The second-order valence-electron chi connectivity index (χ2n) is 3.06. The summed E-state index contributed by atoms with van der Waals surface area (Å²) in [5, 5.41) is 2.50. The summed E-state index contributed by atoms with van der Waals surface area (Å²) >= 11 is 1.61. The molecule has 1 aromatic carbocycles. The zero-order valence-electron chi connectivity index (χ0n) is 8.90. The number of thioether (sulfide) groups is 1. The van der Waals surface area contributed by atoms with Crippen LogP contribution in [0.2, 0.25) is 0 Å². The molecule has 0 aliphatic heterocycles. The fraction of sp³-hybridized carbons (Fsp3) is 0.200. The normalized spacial score (nSPS) is 10.4. The van der Waals surface area contributed by atoms with Gasteiger partial charge in [0.2, 0.25) is 5.95 Å². The van der Waals surface area contributed by atoms with E-state index >= 15 is 0 Å². The van der Waals surface area contributed by atoms with Crippen LogP contribution < -0.4 is 5.32 Å². The minimum Gasteiger partial charge on any atom is -0.453 e. The molecular weight excluding hydrogens is 226 g/mol. The first-order valence-electron chi connectivity index (χ1n) is 4.62. The summed E-state index contributed by atoms with van der Waals surface area (Å²) in [5.74, 6) is 0.392. The van der Waals surface area contributed by atoms with E-state index in [1.807, 2.05) is 24.5 Å². The van der Waals surface area contributed by atoms with Gasteiger partial charge in [0, 0.05) is 4.90 Å². The standard InChI is InChI=1S/C10H11N3O2S/c1-15-10(14)13-9-11-6-4-3-5-7(16-2)8(6)12-9/h3-5H,1-2H3,(H2,11,12,13,14). The van der Waals surface area contributed by atoms with Crippen molar-refractivity contribution in [1.29, 1.82) is 0 Å². The van der Waals surface area contributed by atoms with Crippen molar-refractivity contribution in [2.24, 2.45) is 0 Å². The highest BCUT2D eigenvalue weighted by molar-refractivity contribution is 7.98. The SMILES string of the molecule is COC(=O)Nc1nc2c(SC)cccc2[nH]1. The van der Waals surface area contributed by atoms with Gasteiger partial charge in [0.15, 0.2) is 0 Å². The Hall–Kier alpha value is -1.69. The van der Waals surface area contributed by atoms with Crippen LogP contribution in [0.1, 0.15) is 0 Å². The van der Waals surface area contributed by atoms with Crippen LogP contribution in [0.5, 0.6) is 0 Å². The van der Waals surface area contributed by atoms with Gasteiger partial charge >= 0.3 is 6.09 Å². The van der Waals surface area contributed by atoms with E-state index in [2.05, 4.69) is 20.0 Å². The number of hydrogen-bond acceptors (Lipinski definition) is 4. The van der Waals surface area contributed by atoms with Gasteiger partial charge in [-0.3, -0.25) is 5.32 Å². The number of nitrogens with one attached hydrogen (secondary N) is 2. The molecule has 2 rings (SSSR count). The molecule has 1 aromatic heterocycles. The zero-order chi connectivity index (χ0) is 11.5. The van der Waals surface area contributed by atoms with Gasteiger partial charge < -0.3 is 9.72 Å². The van der Waals surface area contributed by atoms with Crippen LogP contribution in [-0.2, 0) is 4.74 Å². The molecule has 0 atom stereocenters. The van der Waals surface area contributed by atoms with Crippen molar-refractivity contribution in [3.63, 3.8) is 0 Å². The topological polar surface area (TPSA) is 67.0 Å². The maximum atomic E-state index is 11.0. The molecule has 0 aliphatic carbocycles. The van der Waals surface area contributed by atoms with Gasteiger partial charge in [-0.25, -0.2) is 9.78 Å². The van der Waals surface area contributed by atoms with E-state index < -0.39 is 6.09 Å². The maximum Gasteiger partial charge on any atom is 0.413 e. The number of nitrogens with zero attached hydrogens (tertiary/aromatic N) is 1. The van der Waals surface area contributed by atoms with Gasteiger partial charge in [0.25, 0.3) is 0 Å². The van der Waals surface area contributed by atoms with Crippen molar-refractivity contribution < 1.29 is 9.53 Å². The summed E-state index contributed by atoms with van der Waals surface area (Å²) in [5.41, 5.74) is 1.74. The van der Waals surface area contributed by atoms with E-state index in [0.29, 0.717) is 5.95 Å². The summed E-state index contributed by atoms with van der Waals surface area (Å²) in [6, 6.07) is 5.83. The average molecular weight is 237 g/mol. The first-order chi connectivity index (χ1) is 7.74. The average Bonchev–Trinajstić information content (AvgIpc) is 2.70. The smallest absolute Gasteiger partial charge is 0.413 e. The maximum absolute atomic E-state index is 11.0. The lowest BCUT2D eigenvalue weighted by Gasteiger charge is -1.97. The van der Waals surface area contributed by atoms with Crippen LogP contribution in [0, 0.1) is 0 Å². The Morgan fingerprint density at radius 2 is 2.38 bits per heavy atom. The molecule has 0 bridgehead atoms. The minimum atomic E-state index is -0.537. The zero-order valence-corrected chi connectivity index (χ0v) is 9.72. The monoisotopic (exact) mass is 237 g/mol. The Kier molecular flexibility index (Phi) is 3.00. The lowest BCUT2D eigenvalue weighted by atomic mass is 10.3. The van der Waals surface area contributed by atoms with E-state index in [-0.39, 0.29) is 0 Å². The molecule has 0 saturated heterocycles. The third-order valence-corrected chi connectivity index (χ3v) is 2.87. The lowest BCUT2D eigenvalue weighted by Crippen LogP contribution is -2.11. The highest BCUT2D eigenvalue weighted by atomic mass is 32.2. The first kappa shape index (κ1) is 10.8. The van der Waals surface area contributed by atoms with E-state index in [4.69, 9.17) is 0 Å². The summed E-state index contributed by atoms with van der Waals surface area (Å²) in [7, 11) is 1.31. The highest BCUT2D eigenvalue weighted by Crippen LogP contribution is 2.25. The number of hydrogen-bond donors (Lipinski definition) is 2. The minimum absolute atomic E-state index is 0.392. The number of carbonyl (C=O) groups excluding carboxylic acids is 1. The van der Waals surface area contributed by atoms with Crippen molar-refractivity contribution in [2.75, 3.05) is 18.7 Å². The van der Waals surface area contributed by atoms with Gasteiger partial charge in [-0.1, -0.05) is 6.07 Å². The van der Waals surface area contributed by atoms with Crippen LogP contribution in [0.3, 0.4) is 0 Å². The number of aromatic nitrogens is 2. The summed E-state index contributed by atoms with van der Waals surface area (Å²) in [4.78, 5) is 19.4. The summed E-state index contributed by atoms with van der Waals surface area (Å²) in [6.07, 6.45) is 1.45. The number of aromatic amines is 1. The van der Waals surface area contributed by atoms with Crippen LogP contribution in [0.25, 0.3) is 11.0 Å². The molecule has 5 nitrogen and oxygen atoms in total. The predicted molar refractivity (Wildman–Crippen MR) is 63.9 cm³/mol. The molecule has 0 fully saturated rings. The van der Waals surface area contributed by atoms with E-state index in [9.17, 15) is 4.79 Å². The van der Waals surface area contributed by atoms with Crippen LogP contribution in [-0.4, -0.2) is 29.4 Å². The number of H-pyrrole nitrogens is 1. The second-order valence-corrected chi connectivity index (χ2v) is 3.91. The van der Waals surface area contributed by atoms with Crippen molar-refractivity contribution in [2.45, 2.75) is 4.90 Å². The van der Waals surface area contributed by atoms with Crippen LogP contribution >= 0.6 is 11.8 Å². The van der Waals surface area contributed by atoms with E-state index in [1.54, 1.807) is 11.8 Å². The van der Waals surface area contributed by atoms with Gasteiger partial charge in [-0.05, 0) is 18.4 Å². The molecule has 84 valence electrons. The molecule has 1 heterocycles. The number of anilines is 1. The van der Waals surface area contributed by atoms with Gasteiger partial charge in [-0.2, -0.15) is 0 Å². The van der Waals surface area contributed by atoms with Crippen LogP contribution in [0.4, 0.5) is 10.7 Å². The summed E-state index contributed by atoms with van der Waals surface area (Å²) in [6.45, 7) is 0. The first-order valence-corrected chi connectivity index (χ1v) is 5.84. The van der Waals surface area contributed by atoms with Gasteiger partial charge in [0.05, 0.1) is 12.6 Å². The highest BCUT2D eigenvalue weighted by Gasteiger charge is 2.08. The Labute approximate surface area is 96.6 Å². The third-order valence-electron chi connectivity index (χ3n) is 2.10. The van der Waals surface area contributed by atoms with Crippen molar-refractivity contribution in [3.8, 4) is 0 Å². The Morgan fingerprint density at radius 1 is 1.56 bits per heavy atom. The Morgan fingerprint density at radius 3 is 3.06 bits per heavy atom. The molecule has 2 aromatic rings. The number of ether oxygens (including phenoxy) is 1. The molecule has 1 amide bonds. The quantitative estimate of drug-likeness (QED) is 0.787. The number of carbonyl (C=O) groups is 1. The molecular formula is C10H11N3O2S. The predicted octanol–water partition coefficient (Wildman–Crippen LogP) is 2.46. The molecule has 2 N–H and O–H groups in total. The molecule has 6 heteroatoms. The third kappa shape index (κ3) is 1.96. The number of methoxy groups -OCH3 is 1. The molecule has 0 unspecified atom stereocenters. The molecule has 16 heavy (non-hydrogen) atoms. The summed E-state index contributed by atoms with van der Waals surface area (Å²) < 4.78 is 4.49. The van der Waals surface area contributed by atoms with E-state index in [0.717, 1.165) is 15.9 Å². The number of imidazole rings is 1. The van der Waals surface area contributed by atoms with Gasteiger partial charge in [-0.15, -0.1) is 11.8 Å². The number of fused-ring (bicyclic) bond motifs is 1. The van der Waals surface area contributed by atoms with E-state index in [1.165, 1.54) is 7.11 Å². The molecule has 0 saturated carbocycles. The fourth-order valence-corrected chi connectivity index (χ4v) is 1.94. The number of benzene rings is 1. The van der Waals surface area contributed by atoms with Crippen molar-refractivity contribution >= 4 is 34.8 Å².